The first-order valence-corrected chi connectivity index (χ1v) is 7.50. The van der Waals surface area contributed by atoms with Gasteiger partial charge < -0.3 is 5.73 Å². The van der Waals surface area contributed by atoms with Gasteiger partial charge in [0.05, 0.1) is 0 Å². The van der Waals surface area contributed by atoms with Gasteiger partial charge in [-0.25, -0.2) is 0 Å². The molecule has 1 aromatic heterocycles. The summed E-state index contributed by atoms with van der Waals surface area (Å²) in [6.45, 7) is 4.11. The highest BCUT2D eigenvalue weighted by atomic mass is 15.1. The van der Waals surface area contributed by atoms with Gasteiger partial charge >= 0.3 is 0 Å². The van der Waals surface area contributed by atoms with Crippen LogP contribution in [0.4, 0.5) is 0 Å². The van der Waals surface area contributed by atoms with Crippen molar-refractivity contribution in [1.82, 2.24) is 9.88 Å². The Morgan fingerprint density at radius 3 is 2.74 bits per heavy atom. The van der Waals surface area contributed by atoms with Gasteiger partial charge in [0, 0.05) is 31.5 Å². The Balaban J connectivity index is 1.96. The molecule has 3 nitrogen and oxygen atoms in total. The van der Waals surface area contributed by atoms with Crippen molar-refractivity contribution in [1.29, 1.82) is 0 Å². The summed E-state index contributed by atoms with van der Waals surface area (Å²) < 4.78 is 0. The topological polar surface area (TPSA) is 42.1 Å². The van der Waals surface area contributed by atoms with Gasteiger partial charge in [0.15, 0.2) is 0 Å². The second kappa shape index (κ2) is 7.01. The summed E-state index contributed by atoms with van der Waals surface area (Å²) in [7, 11) is 2.21. The van der Waals surface area contributed by atoms with E-state index >= 15 is 0 Å². The molecule has 1 fully saturated rings. The van der Waals surface area contributed by atoms with Gasteiger partial charge in [-0.2, -0.15) is 0 Å². The van der Waals surface area contributed by atoms with Crippen LogP contribution in [0, 0.1) is 11.8 Å². The van der Waals surface area contributed by atoms with Gasteiger partial charge in [-0.3, -0.25) is 9.88 Å². The number of nitrogens with zero attached hydrogens (tertiary/aromatic N) is 2. The highest BCUT2D eigenvalue weighted by molar-refractivity contribution is 5.09. The van der Waals surface area contributed by atoms with E-state index < -0.39 is 0 Å². The highest BCUT2D eigenvalue weighted by Crippen LogP contribution is 2.32. The maximum Gasteiger partial charge on any atom is 0.0271 e. The van der Waals surface area contributed by atoms with Crippen LogP contribution in [0.2, 0.25) is 0 Å². The zero-order valence-corrected chi connectivity index (χ0v) is 12.3. The van der Waals surface area contributed by atoms with E-state index in [-0.39, 0.29) is 0 Å². The monoisotopic (exact) mass is 261 g/mol. The molecule has 2 N–H and O–H groups in total. The normalized spacial score (nSPS) is 25.5. The number of likely N-dealkylation sites (N-methyl/N-ethyl adjacent to an activating group) is 1. The van der Waals surface area contributed by atoms with Gasteiger partial charge in [-0.05, 0) is 49.4 Å². The van der Waals surface area contributed by atoms with Gasteiger partial charge in [0.1, 0.15) is 0 Å². The van der Waals surface area contributed by atoms with Gasteiger partial charge in [0.25, 0.3) is 0 Å². The molecule has 1 aliphatic carbocycles. The fourth-order valence-corrected chi connectivity index (χ4v) is 3.46. The first-order chi connectivity index (χ1) is 9.20. The Morgan fingerprint density at radius 1 is 1.37 bits per heavy atom. The molecule has 3 unspecified atom stereocenters. The summed E-state index contributed by atoms with van der Waals surface area (Å²) in [5, 5.41) is 0. The van der Waals surface area contributed by atoms with E-state index in [1.165, 1.54) is 31.2 Å². The smallest absolute Gasteiger partial charge is 0.0271 e. The Morgan fingerprint density at radius 2 is 2.11 bits per heavy atom. The van der Waals surface area contributed by atoms with Crippen molar-refractivity contribution in [3.8, 4) is 0 Å². The van der Waals surface area contributed by atoms with Crippen LogP contribution in [0.3, 0.4) is 0 Å². The molecule has 0 saturated heterocycles. The lowest BCUT2D eigenvalue weighted by Gasteiger charge is -2.38. The molecule has 3 heteroatoms. The van der Waals surface area contributed by atoms with E-state index in [9.17, 15) is 0 Å². The minimum absolute atomic E-state index is 0.510. The lowest BCUT2D eigenvalue weighted by Crippen LogP contribution is -2.44. The average Bonchev–Trinajstić information content (AvgIpc) is 2.41. The number of hydrogen-bond donors (Lipinski definition) is 1. The van der Waals surface area contributed by atoms with Crippen molar-refractivity contribution in [2.24, 2.45) is 17.6 Å². The molecule has 0 spiro atoms. The Kier molecular flexibility index (Phi) is 5.34. The van der Waals surface area contributed by atoms with Crippen LogP contribution < -0.4 is 5.73 Å². The third-order valence-corrected chi connectivity index (χ3v) is 4.51. The molecule has 2 rings (SSSR count). The summed E-state index contributed by atoms with van der Waals surface area (Å²) in [6, 6.07) is 4.69. The van der Waals surface area contributed by atoms with Crippen LogP contribution in [-0.2, 0) is 6.54 Å². The van der Waals surface area contributed by atoms with E-state index in [1.807, 2.05) is 12.4 Å². The molecule has 1 aromatic rings. The Bertz CT molecular complexity index is 366. The first kappa shape index (κ1) is 14.5. The van der Waals surface area contributed by atoms with Crippen molar-refractivity contribution in [3.63, 3.8) is 0 Å². The van der Waals surface area contributed by atoms with E-state index in [1.54, 1.807) is 0 Å². The molecular weight excluding hydrogens is 234 g/mol. The summed E-state index contributed by atoms with van der Waals surface area (Å²) in [5.41, 5.74) is 7.37. The fourth-order valence-electron chi connectivity index (χ4n) is 3.46. The molecule has 3 atom stereocenters. The molecule has 0 bridgehead atoms. The van der Waals surface area contributed by atoms with Crippen LogP contribution in [-0.4, -0.2) is 29.5 Å². The standard InChI is InChI=1S/C16H27N3/c1-13-4-3-5-15(10-13)16(11-17)19(2)12-14-6-8-18-9-7-14/h6-9,13,15-16H,3-5,10-12,17H2,1-2H3. The molecular formula is C16H27N3. The van der Waals surface area contributed by atoms with E-state index in [0.717, 1.165) is 24.9 Å². The summed E-state index contributed by atoms with van der Waals surface area (Å²) in [4.78, 5) is 6.50. The summed E-state index contributed by atoms with van der Waals surface area (Å²) in [6.07, 6.45) is 9.16. The maximum atomic E-state index is 6.05. The van der Waals surface area contributed by atoms with Crippen molar-refractivity contribution in [2.45, 2.75) is 45.2 Å². The Labute approximate surface area is 117 Å². The predicted molar refractivity (Wildman–Crippen MR) is 79.7 cm³/mol. The van der Waals surface area contributed by atoms with Crippen molar-refractivity contribution in [2.75, 3.05) is 13.6 Å². The average molecular weight is 261 g/mol. The minimum atomic E-state index is 0.510. The van der Waals surface area contributed by atoms with Crippen LogP contribution >= 0.6 is 0 Å². The quantitative estimate of drug-likeness (QED) is 0.886. The highest BCUT2D eigenvalue weighted by Gasteiger charge is 2.28. The van der Waals surface area contributed by atoms with E-state index in [4.69, 9.17) is 5.73 Å². The summed E-state index contributed by atoms with van der Waals surface area (Å²) in [5.74, 6) is 1.63. The van der Waals surface area contributed by atoms with Crippen molar-refractivity contribution in [3.05, 3.63) is 30.1 Å². The van der Waals surface area contributed by atoms with Crippen LogP contribution in [0.25, 0.3) is 0 Å². The van der Waals surface area contributed by atoms with Gasteiger partial charge in [-0.15, -0.1) is 0 Å². The molecule has 0 aliphatic heterocycles. The van der Waals surface area contributed by atoms with Crippen LogP contribution in [0.5, 0.6) is 0 Å². The lowest BCUT2D eigenvalue weighted by molar-refractivity contribution is 0.125. The number of rotatable bonds is 5. The maximum absolute atomic E-state index is 6.05. The predicted octanol–water partition coefficient (Wildman–Crippen LogP) is 2.67. The number of aromatic nitrogens is 1. The van der Waals surface area contributed by atoms with Crippen LogP contribution in [0.15, 0.2) is 24.5 Å². The number of pyridine rings is 1. The molecule has 106 valence electrons. The molecule has 0 amide bonds. The van der Waals surface area contributed by atoms with Gasteiger partial charge in [-0.1, -0.05) is 19.8 Å². The van der Waals surface area contributed by atoms with Crippen LogP contribution in [0.1, 0.15) is 38.2 Å². The number of hydrogen-bond acceptors (Lipinski definition) is 3. The third kappa shape index (κ3) is 4.02. The SMILES string of the molecule is CC1CCCC(C(CN)N(C)Cc2ccncc2)C1. The zero-order chi connectivity index (χ0) is 13.7. The van der Waals surface area contributed by atoms with Crippen molar-refractivity contribution < 1.29 is 0 Å². The third-order valence-electron chi connectivity index (χ3n) is 4.51. The summed E-state index contributed by atoms with van der Waals surface area (Å²) >= 11 is 0. The largest absolute Gasteiger partial charge is 0.329 e. The zero-order valence-electron chi connectivity index (χ0n) is 12.3. The van der Waals surface area contributed by atoms with E-state index in [2.05, 4.69) is 36.0 Å². The molecule has 1 aliphatic rings. The molecule has 0 aromatic carbocycles. The van der Waals surface area contributed by atoms with Gasteiger partial charge in [0.2, 0.25) is 0 Å². The molecule has 0 radical (unpaired) electrons. The van der Waals surface area contributed by atoms with E-state index in [0.29, 0.717) is 6.04 Å². The first-order valence-electron chi connectivity index (χ1n) is 7.50. The fraction of sp³-hybridized carbons (Fsp3) is 0.688. The minimum Gasteiger partial charge on any atom is -0.329 e. The second-order valence-corrected chi connectivity index (χ2v) is 6.11. The lowest BCUT2D eigenvalue weighted by atomic mass is 9.78. The van der Waals surface area contributed by atoms with Crippen molar-refractivity contribution >= 4 is 0 Å². The molecule has 19 heavy (non-hydrogen) atoms. The molecule has 1 heterocycles. The molecule has 1 saturated carbocycles. The Hall–Kier alpha value is -0.930. The second-order valence-electron chi connectivity index (χ2n) is 6.11. The number of nitrogens with two attached hydrogens (primary N) is 1.